The monoisotopic (exact) mass is 364 g/mol. The van der Waals surface area contributed by atoms with Gasteiger partial charge in [-0.05, 0) is 31.6 Å². The molecule has 4 N–H and O–H groups in total. The predicted octanol–water partition coefficient (Wildman–Crippen LogP) is 0.214. The summed E-state index contributed by atoms with van der Waals surface area (Å²) in [6.07, 6.45) is 4.78. The molecule has 0 unspecified atom stereocenters. The Bertz CT molecular complexity index is 669. The third-order valence-corrected chi connectivity index (χ3v) is 5.02. The third-order valence-electron chi connectivity index (χ3n) is 5.02. The zero-order valence-electron chi connectivity index (χ0n) is 15.6. The number of nitrogens with one attached hydrogen (secondary N) is 2. The Morgan fingerprint density at radius 2 is 2.08 bits per heavy atom. The maximum Gasteiger partial charge on any atom is 0.288 e. The third kappa shape index (κ3) is 5.27. The first-order chi connectivity index (χ1) is 12.2. The van der Waals surface area contributed by atoms with E-state index in [1.165, 1.54) is 11.0 Å². The van der Waals surface area contributed by atoms with E-state index in [2.05, 4.69) is 20.7 Å². The van der Waals surface area contributed by atoms with E-state index in [0.717, 1.165) is 25.7 Å². The van der Waals surface area contributed by atoms with Crippen LogP contribution in [0, 0.1) is 11.3 Å². The van der Waals surface area contributed by atoms with Gasteiger partial charge in [0.1, 0.15) is 12.9 Å². The average Bonchev–Trinajstić information content (AvgIpc) is 3.22. The topological polar surface area (TPSA) is 132 Å². The number of primary amides is 1. The van der Waals surface area contributed by atoms with Crippen LogP contribution in [0.15, 0.2) is 6.33 Å². The van der Waals surface area contributed by atoms with Crippen LogP contribution >= 0.6 is 0 Å². The van der Waals surface area contributed by atoms with Crippen molar-refractivity contribution in [1.29, 1.82) is 0 Å². The smallest absolute Gasteiger partial charge is 0.288 e. The molecule has 0 radical (unpaired) electrons. The van der Waals surface area contributed by atoms with E-state index in [-0.39, 0.29) is 35.6 Å². The molecule has 1 aromatic rings. The van der Waals surface area contributed by atoms with Crippen LogP contribution in [0.1, 0.15) is 57.1 Å². The number of carbonyl (C=O) groups excluding carboxylic acids is 3. The second-order valence-electron chi connectivity index (χ2n) is 7.52. The van der Waals surface area contributed by atoms with E-state index in [1.54, 1.807) is 0 Å². The molecular formula is C17H28N6O3. The van der Waals surface area contributed by atoms with Gasteiger partial charge in [0, 0.05) is 18.0 Å². The molecule has 0 spiro atoms. The molecule has 1 fully saturated rings. The zero-order chi connectivity index (χ0) is 19.3. The minimum Gasteiger partial charge on any atom is -0.363 e. The Hall–Kier alpha value is -2.45. The van der Waals surface area contributed by atoms with E-state index in [0.29, 0.717) is 12.5 Å². The summed E-state index contributed by atoms with van der Waals surface area (Å²) < 4.78 is 1.29. The van der Waals surface area contributed by atoms with Gasteiger partial charge in [0.2, 0.25) is 17.6 Å². The van der Waals surface area contributed by atoms with E-state index >= 15 is 0 Å². The molecule has 144 valence electrons. The molecule has 0 aromatic carbocycles. The molecule has 0 saturated heterocycles. The van der Waals surface area contributed by atoms with E-state index in [1.807, 2.05) is 20.8 Å². The van der Waals surface area contributed by atoms with Crippen LogP contribution in [-0.4, -0.2) is 45.1 Å². The summed E-state index contributed by atoms with van der Waals surface area (Å²) in [5.41, 5.74) is 4.73. The van der Waals surface area contributed by atoms with Crippen LogP contribution in [0.4, 0.5) is 0 Å². The summed E-state index contributed by atoms with van der Waals surface area (Å²) in [6.45, 7) is 6.51. The molecule has 9 heteroatoms. The normalized spacial score (nSPS) is 20.0. The fourth-order valence-electron chi connectivity index (χ4n) is 2.93. The molecule has 1 aliphatic carbocycles. The largest absolute Gasteiger partial charge is 0.363 e. The summed E-state index contributed by atoms with van der Waals surface area (Å²) in [5, 5.41) is 9.84. The molecule has 3 amide bonds. The molecule has 2 rings (SSSR count). The van der Waals surface area contributed by atoms with Crippen LogP contribution in [-0.2, 0) is 16.1 Å². The van der Waals surface area contributed by atoms with Gasteiger partial charge in [0.25, 0.3) is 5.91 Å². The van der Waals surface area contributed by atoms with E-state index in [4.69, 9.17) is 5.73 Å². The van der Waals surface area contributed by atoms with Crippen LogP contribution in [0.25, 0.3) is 0 Å². The number of nitrogens with two attached hydrogens (primary N) is 1. The van der Waals surface area contributed by atoms with Crippen LogP contribution in [0.5, 0.6) is 0 Å². The zero-order valence-corrected chi connectivity index (χ0v) is 15.6. The standard InChI is InChI=1S/C17H28N6O3/c1-4-17(2,3)16(26)19-8-11-5-6-12(7-11)21-13(24)9-23-10-20-15(22-23)14(18)25/h10-12H,4-9H2,1-3H3,(H2,18,25)(H,19,26)(H,21,24)/t11-,12+/m0/s1. The van der Waals surface area contributed by atoms with E-state index < -0.39 is 5.91 Å². The number of hydrogen-bond acceptors (Lipinski definition) is 5. The molecule has 1 aromatic heterocycles. The molecule has 26 heavy (non-hydrogen) atoms. The maximum atomic E-state index is 12.1. The van der Waals surface area contributed by atoms with Crippen molar-refractivity contribution in [3.63, 3.8) is 0 Å². The van der Waals surface area contributed by atoms with Crippen LogP contribution in [0.3, 0.4) is 0 Å². The van der Waals surface area contributed by atoms with Gasteiger partial charge in [-0.1, -0.05) is 20.8 Å². The summed E-state index contributed by atoms with van der Waals surface area (Å²) >= 11 is 0. The summed E-state index contributed by atoms with van der Waals surface area (Å²) in [4.78, 5) is 38.9. The van der Waals surface area contributed by atoms with Gasteiger partial charge in [-0.3, -0.25) is 14.4 Å². The number of carbonyl (C=O) groups is 3. The van der Waals surface area contributed by atoms with Crippen molar-refractivity contribution in [3.8, 4) is 0 Å². The van der Waals surface area contributed by atoms with Gasteiger partial charge >= 0.3 is 0 Å². The van der Waals surface area contributed by atoms with Gasteiger partial charge in [-0.15, -0.1) is 5.10 Å². The number of amides is 3. The van der Waals surface area contributed by atoms with Crippen molar-refractivity contribution in [2.45, 2.75) is 59.0 Å². The lowest BCUT2D eigenvalue weighted by Crippen LogP contribution is -2.39. The Morgan fingerprint density at radius 3 is 2.69 bits per heavy atom. The molecule has 0 aliphatic heterocycles. The first kappa shape index (κ1) is 19.9. The highest BCUT2D eigenvalue weighted by molar-refractivity contribution is 5.88. The highest BCUT2D eigenvalue weighted by Crippen LogP contribution is 2.26. The number of hydrogen-bond donors (Lipinski definition) is 3. The predicted molar refractivity (Wildman–Crippen MR) is 94.9 cm³/mol. The summed E-state index contributed by atoms with van der Waals surface area (Å²) in [5.74, 6) is -0.582. The number of rotatable bonds is 8. The van der Waals surface area contributed by atoms with Gasteiger partial charge in [-0.25, -0.2) is 9.67 Å². The Morgan fingerprint density at radius 1 is 1.35 bits per heavy atom. The minimum absolute atomic E-state index is 0.0110. The number of nitrogens with zero attached hydrogens (tertiary/aromatic N) is 3. The molecule has 9 nitrogen and oxygen atoms in total. The quantitative estimate of drug-likeness (QED) is 0.607. The Kier molecular flexibility index (Phi) is 6.33. The Balaban J connectivity index is 1.73. The van der Waals surface area contributed by atoms with Crippen molar-refractivity contribution in [2.75, 3.05) is 6.54 Å². The van der Waals surface area contributed by atoms with Crippen molar-refractivity contribution in [2.24, 2.45) is 17.1 Å². The second-order valence-corrected chi connectivity index (χ2v) is 7.52. The summed E-state index contributed by atoms with van der Waals surface area (Å²) in [6, 6.07) is 0.0859. The van der Waals surface area contributed by atoms with Crippen molar-refractivity contribution < 1.29 is 14.4 Å². The molecule has 1 saturated carbocycles. The fourth-order valence-corrected chi connectivity index (χ4v) is 2.93. The maximum absolute atomic E-state index is 12.1. The van der Waals surface area contributed by atoms with Crippen molar-refractivity contribution >= 4 is 17.7 Å². The van der Waals surface area contributed by atoms with Crippen molar-refractivity contribution in [1.82, 2.24) is 25.4 Å². The van der Waals surface area contributed by atoms with Gasteiger partial charge in [0.05, 0.1) is 0 Å². The lowest BCUT2D eigenvalue weighted by Gasteiger charge is -2.23. The van der Waals surface area contributed by atoms with Gasteiger partial charge in [-0.2, -0.15) is 0 Å². The van der Waals surface area contributed by atoms with Crippen molar-refractivity contribution in [3.05, 3.63) is 12.2 Å². The van der Waals surface area contributed by atoms with Crippen LogP contribution < -0.4 is 16.4 Å². The minimum atomic E-state index is -0.726. The van der Waals surface area contributed by atoms with Crippen LogP contribution in [0.2, 0.25) is 0 Å². The molecule has 1 aliphatic rings. The lowest BCUT2D eigenvalue weighted by molar-refractivity contribution is -0.129. The fraction of sp³-hybridized carbons (Fsp3) is 0.706. The SMILES string of the molecule is CCC(C)(C)C(=O)NC[C@H]1CC[C@@H](NC(=O)Cn2cnc(C(N)=O)n2)C1. The molecule has 0 bridgehead atoms. The second kappa shape index (κ2) is 8.29. The number of aromatic nitrogens is 3. The van der Waals surface area contributed by atoms with E-state index in [9.17, 15) is 14.4 Å². The molecule has 1 heterocycles. The molecule has 2 atom stereocenters. The summed E-state index contributed by atoms with van der Waals surface area (Å²) in [7, 11) is 0. The van der Waals surface area contributed by atoms with Gasteiger partial charge < -0.3 is 16.4 Å². The lowest BCUT2D eigenvalue weighted by atomic mass is 9.89. The Labute approximate surface area is 153 Å². The van der Waals surface area contributed by atoms with Gasteiger partial charge in [0.15, 0.2) is 0 Å². The highest BCUT2D eigenvalue weighted by Gasteiger charge is 2.29. The average molecular weight is 364 g/mol. The first-order valence-electron chi connectivity index (χ1n) is 8.98. The molecular weight excluding hydrogens is 336 g/mol. The highest BCUT2D eigenvalue weighted by atomic mass is 16.2. The first-order valence-corrected chi connectivity index (χ1v) is 8.98.